The smallest absolute Gasteiger partial charge is 0.149 e. The molecule has 6 heteroatoms. The molecule has 3 N–H and O–H groups in total. The Hall–Kier alpha value is -2.58. The lowest BCUT2D eigenvalue weighted by Crippen LogP contribution is -2.46. The Bertz CT molecular complexity index is 911. The van der Waals surface area contributed by atoms with E-state index >= 15 is 0 Å². The molecule has 1 saturated heterocycles. The van der Waals surface area contributed by atoms with Crippen LogP contribution in [-0.4, -0.2) is 31.1 Å². The second-order valence-electron chi connectivity index (χ2n) is 7.78. The Morgan fingerprint density at radius 1 is 0.656 bits per heavy atom. The number of hydrazine groups is 1. The van der Waals surface area contributed by atoms with Gasteiger partial charge in [0, 0.05) is 0 Å². The third-order valence-electron chi connectivity index (χ3n) is 5.44. The van der Waals surface area contributed by atoms with Gasteiger partial charge in [0.15, 0.2) is 0 Å². The molecule has 0 aliphatic carbocycles. The highest BCUT2D eigenvalue weighted by atomic mass is 16.6. The zero-order chi connectivity index (χ0) is 22.0. The molecular weight excluding hydrogens is 404 g/mol. The maximum absolute atomic E-state index is 6.31. The fourth-order valence-electron chi connectivity index (χ4n) is 3.78. The van der Waals surface area contributed by atoms with Crippen LogP contribution in [0.15, 0.2) is 91.0 Å². The van der Waals surface area contributed by atoms with E-state index < -0.39 is 6.23 Å². The monoisotopic (exact) mass is 434 g/mol. The first-order valence-electron chi connectivity index (χ1n) is 10.9. The van der Waals surface area contributed by atoms with E-state index in [1.54, 1.807) is 0 Å². The lowest BCUT2D eigenvalue weighted by molar-refractivity contribution is -0.0900. The normalized spacial score (nSPS) is 22.8. The zero-order valence-corrected chi connectivity index (χ0v) is 18.0. The fourth-order valence-corrected chi connectivity index (χ4v) is 3.78. The Balaban J connectivity index is 1.42. The Kier molecular flexibility index (Phi) is 8.39. The minimum Gasteiger partial charge on any atom is -0.374 e. The van der Waals surface area contributed by atoms with Gasteiger partial charge in [0.1, 0.15) is 24.5 Å². The van der Waals surface area contributed by atoms with Crippen molar-refractivity contribution in [3.63, 3.8) is 0 Å². The van der Waals surface area contributed by atoms with Crippen molar-refractivity contribution in [2.24, 2.45) is 5.84 Å². The molecule has 0 aromatic heterocycles. The van der Waals surface area contributed by atoms with Crippen molar-refractivity contribution in [1.82, 2.24) is 5.43 Å². The number of benzene rings is 3. The molecule has 4 rings (SSSR count). The highest BCUT2D eigenvalue weighted by molar-refractivity contribution is 5.15. The minimum absolute atomic E-state index is 0.316. The van der Waals surface area contributed by atoms with E-state index in [4.69, 9.17) is 24.8 Å². The van der Waals surface area contributed by atoms with Gasteiger partial charge in [0.2, 0.25) is 0 Å². The van der Waals surface area contributed by atoms with E-state index in [1.807, 2.05) is 91.0 Å². The Labute approximate surface area is 189 Å². The van der Waals surface area contributed by atoms with Crippen molar-refractivity contribution in [3.8, 4) is 0 Å². The molecule has 1 aliphatic rings. The van der Waals surface area contributed by atoms with Crippen LogP contribution in [-0.2, 0) is 38.8 Å². The molecule has 1 heterocycles. The summed E-state index contributed by atoms with van der Waals surface area (Å²) < 4.78 is 24.7. The van der Waals surface area contributed by atoms with Crippen molar-refractivity contribution >= 4 is 0 Å². The average Bonchev–Trinajstić information content (AvgIpc) is 3.19. The first-order valence-corrected chi connectivity index (χ1v) is 10.9. The van der Waals surface area contributed by atoms with Crippen LogP contribution in [0.5, 0.6) is 0 Å². The number of hydrogen-bond acceptors (Lipinski definition) is 6. The third kappa shape index (κ3) is 6.23. The van der Waals surface area contributed by atoms with E-state index in [1.165, 1.54) is 0 Å². The highest BCUT2D eigenvalue weighted by Gasteiger charge is 2.46. The van der Waals surface area contributed by atoms with Crippen LogP contribution in [0.1, 0.15) is 16.7 Å². The summed E-state index contributed by atoms with van der Waals surface area (Å²) in [6.45, 7) is 1.77. The quantitative estimate of drug-likeness (QED) is 0.355. The van der Waals surface area contributed by atoms with Crippen molar-refractivity contribution in [2.45, 2.75) is 44.4 Å². The van der Waals surface area contributed by atoms with E-state index in [-0.39, 0.29) is 18.3 Å². The molecule has 0 saturated carbocycles. The molecule has 1 fully saturated rings. The topological polar surface area (TPSA) is 75.0 Å². The number of nitrogens with one attached hydrogen (secondary N) is 1. The maximum Gasteiger partial charge on any atom is 0.149 e. The molecule has 0 spiro atoms. The average molecular weight is 435 g/mol. The Morgan fingerprint density at radius 2 is 1.12 bits per heavy atom. The van der Waals surface area contributed by atoms with Crippen LogP contribution in [0, 0.1) is 0 Å². The molecule has 0 radical (unpaired) electrons. The largest absolute Gasteiger partial charge is 0.374 e. The van der Waals surface area contributed by atoms with Crippen LogP contribution in [0.2, 0.25) is 0 Å². The van der Waals surface area contributed by atoms with Crippen LogP contribution < -0.4 is 11.3 Å². The summed E-state index contributed by atoms with van der Waals surface area (Å²) in [4.78, 5) is 0. The van der Waals surface area contributed by atoms with Crippen molar-refractivity contribution in [2.75, 3.05) is 6.61 Å². The summed E-state index contributed by atoms with van der Waals surface area (Å²) in [7, 11) is 0. The van der Waals surface area contributed by atoms with E-state index in [0.717, 1.165) is 16.7 Å². The number of rotatable bonds is 11. The summed E-state index contributed by atoms with van der Waals surface area (Å²) in [5.41, 5.74) is 6.01. The molecule has 3 aromatic carbocycles. The van der Waals surface area contributed by atoms with Gasteiger partial charge in [-0.05, 0) is 16.7 Å². The van der Waals surface area contributed by atoms with Gasteiger partial charge in [-0.1, -0.05) is 91.0 Å². The summed E-state index contributed by atoms with van der Waals surface area (Å²) >= 11 is 0. The van der Waals surface area contributed by atoms with Gasteiger partial charge in [0.25, 0.3) is 0 Å². The van der Waals surface area contributed by atoms with Crippen LogP contribution >= 0.6 is 0 Å². The second kappa shape index (κ2) is 11.9. The lowest BCUT2D eigenvalue weighted by Gasteiger charge is -2.25. The van der Waals surface area contributed by atoms with E-state index in [9.17, 15) is 0 Å². The van der Waals surface area contributed by atoms with Crippen LogP contribution in [0.25, 0.3) is 0 Å². The molecule has 0 amide bonds. The molecular formula is C26H30N2O4. The molecule has 6 nitrogen and oxygen atoms in total. The van der Waals surface area contributed by atoms with Gasteiger partial charge in [-0.2, -0.15) is 0 Å². The van der Waals surface area contributed by atoms with Gasteiger partial charge in [-0.25, -0.2) is 5.43 Å². The third-order valence-corrected chi connectivity index (χ3v) is 5.44. The lowest BCUT2D eigenvalue weighted by atomic mass is 10.1. The summed E-state index contributed by atoms with van der Waals surface area (Å²) in [6.07, 6.45) is -1.53. The first kappa shape index (κ1) is 22.6. The standard InChI is InChI=1S/C26H30N2O4/c27-28-26-25(31-18-22-14-8-3-9-15-22)24(30-17-21-12-6-2-7-13-21)23(32-26)19-29-16-20-10-4-1-5-11-20/h1-15,23-26,28H,16-19,27H2/t23-,24-,25-,26-/m1/s1. The van der Waals surface area contributed by atoms with Crippen molar-refractivity contribution in [1.29, 1.82) is 0 Å². The van der Waals surface area contributed by atoms with Crippen LogP contribution in [0.4, 0.5) is 0 Å². The summed E-state index contributed by atoms with van der Waals surface area (Å²) in [6, 6.07) is 30.1. The number of hydrogen-bond donors (Lipinski definition) is 2. The van der Waals surface area contributed by atoms with Gasteiger partial charge < -0.3 is 18.9 Å². The predicted octanol–water partition coefficient (Wildman–Crippen LogP) is 3.56. The predicted molar refractivity (Wildman–Crippen MR) is 122 cm³/mol. The number of nitrogens with two attached hydrogens (primary N) is 1. The molecule has 3 aromatic rings. The van der Waals surface area contributed by atoms with Gasteiger partial charge in [-0.3, -0.25) is 5.84 Å². The van der Waals surface area contributed by atoms with Crippen molar-refractivity contribution in [3.05, 3.63) is 108 Å². The van der Waals surface area contributed by atoms with E-state index in [2.05, 4.69) is 5.43 Å². The SMILES string of the molecule is NN[C@@H]1O[C@H](COCc2ccccc2)[C@@H](OCc2ccccc2)[C@H]1OCc1ccccc1. The molecule has 0 bridgehead atoms. The van der Waals surface area contributed by atoms with Gasteiger partial charge in [0.05, 0.1) is 26.4 Å². The Morgan fingerprint density at radius 3 is 1.62 bits per heavy atom. The summed E-state index contributed by atoms with van der Waals surface area (Å²) in [5.74, 6) is 5.79. The minimum atomic E-state index is -0.496. The van der Waals surface area contributed by atoms with Crippen LogP contribution in [0.3, 0.4) is 0 Å². The second-order valence-corrected chi connectivity index (χ2v) is 7.78. The number of ether oxygens (including phenoxy) is 4. The van der Waals surface area contributed by atoms with E-state index in [0.29, 0.717) is 26.4 Å². The molecule has 4 atom stereocenters. The fraction of sp³-hybridized carbons (Fsp3) is 0.308. The van der Waals surface area contributed by atoms with Gasteiger partial charge >= 0.3 is 0 Å². The van der Waals surface area contributed by atoms with Gasteiger partial charge in [-0.15, -0.1) is 0 Å². The molecule has 168 valence electrons. The van der Waals surface area contributed by atoms with Crippen molar-refractivity contribution < 1.29 is 18.9 Å². The first-order chi connectivity index (χ1) is 15.8. The molecule has 1 aliphatic heterocycles. The molecule has 32 heavy (non-hydrogen) atoms. The maximum atomic E-state index is 6.31. The zero-order valence-electron chi connectivity index (χ0n) is 18.0. The molecule has 0 unspecified atom stereocenters. The highest BCUT2D eigenvalue weighted by Crippen LogP contribution is 2.27. The summed E-state index contributed by atoms with van der Waals surface area (Å²) in [5, 5.41) is 0.